The van der Waals surface area contributed by atoms with Crippen LogP contribution in [0, 0.1) is 13.8 Å². The standard InChI is InChI=1S/C21H22N2O3/c1-4-11-23-20(24)18-8-6-5-7-17(18)19(22-23)21(25)26-13-16-12-14(2)9-10-15(16)3/h5-10,12H,4,11,13H2,1-3H3. The summed E-state index contributed by atoms with van der Waals surface area (Å²) in [7, 11) is 0. The lowest BCUT2D eigenvalue weighted by atomic mass is 10.1. The summed E-state index contributed by atoms with van der Waals surface area (Å²) in [6, 6.07) is 13.1. The van der Waals surface area contributed by atoms with E-state index in [1.165, 1.54) is 4.68 Å². The molecule has 2 aromatic carbocycles. The van der Waals surface area contributed by atoms with Crippen molar-refractivity contribution in [3.05, 3.63) is 75.2 Å². The molecule has 0 saturated heterocycles. The number of carbonyl (C=O) groups is 1. The lowest BCUT2D eigenvalue weighted by Crippen LogP contribution is -2.26. The Morgan fingerprint density at radius 1 is 1.12 bits per heavy atom. The molecule has 0 unspecified atom stereocenters. The fourth-order valence-electron chi connectivity index (χ4n) is 2.92. The van der Waals surface area contributed by atoms with Crippen molar-refractivity contribution in [2.45, 2.75) is 40.3 Å². The molecule has 0 N–H and O–H groups in total. The molecule has 1 heterocycles. The molecular formula is C21H22N2O3. The highest BCUT2D eigenvalue weighted by Gasteiger charge is 2.18. The van der Waals surface area contributed by atoms with Crippen molar-refractivity contribution in [2.24, 2.45) is 0 Å². The average molecular weight is 350 g/mol. The molecule has 0 aliphatic carbocycles. The van der Waals surface area contributed by atoms with Gasteiger partial charge in [-0.1, -0.05) is 48.9 Å². The number of esters is 1. The van der Waals surface area contributed by atoms with E-state index in [1.807, 2.05) is 39.0 Å². The van der Waals surface area contributed by atoms with Gasteiger partial charge in [-0.3, -0.25) is 4.79 Å². The third-order valence-corrected chi connectivity index (χ3v) is 4.36. The van der Waals surface area contributed by atoms with E-state index in [1.54, 1.807) is 24.3 Å². The molecule has 1 aromatic heterocycles. The first kappa shape index (κ1) is 17.9. The van der Waals surface area contributed by atoms with Gasteiger partial charge in [0, 0.05) is 11.9 Å². The van der Waals surface area contributed by atoms with Crippen molar-refractivity contribution < 1.29 is 9.53 Å². The maximum atomic E-state index is 12.7. The smallest absolute Gasteiger partial charge is 0.359 e. The molecule has 0 fully saturated rings. The number of benzene rings is 2. The predicted octanol–water partition coefficient (Wildman–Crippen LogP) is 3.78. The lowest BCUT2D eigenvalue weighted by Gasteiger charge is -2.11. The summed E-state index contributed by atoms with van der Waals surface area (Å²) >= 11 is 0. The van der Waals surface area contributed by atoms with Crippen LogP contribution in [0.15, 0.2) is 47.3 Å². The molecule has 0 amide bonds. The van der Waals surface area contributed by atoms with E-state index in [0.29, 0.717) is 17.3 Å². The Hall–Kier alpha value is -2.95. The maximum Gasteiger partial charge on any atom is 0.359 e. The largest absolute Gasteiger partial charge is 0.456 e. The summed E-state index contributed by atoms with van der Waals surface area (Å²) in [6.07, 6.45) is 0.752. The molecule has 5 nitrogen and oxygen atoms in total. The van der Waals surface area contributed by atoms with E-state index in [-0.39, 0.29) is 17.9 Å². The number of hydrogen-bond acceptors (Lipinski definition) is 4. The van der Waals surface area contributed by atoms with Crippen molar-refractivity contribution in [3.8, 4) is 0 Å². The first-order valence-electron chi connectivity index (χ1n) is 8.74. The Bertz CT molecular complexity index is 1020. The molecule has 0 spiro atoms. The monoisotopic (exact) mass is 350 g/mol. The molecule has 3 aromatic rings. The summed E-state index contributed by atoms with van der Waals surface area (Å²) in [5.74, 6) is -0.521. The van der Waals surface area contributed by atoms with Crippen molar-refractivity contribution in [2.75, 3.05) is 0 Å². The van der Waals surface area contributed by atoms with Gasteiger partial charge in [-0.15, -0.1) is 0 Å². The van der Waals surface area contributed by atoms with Crippen LogP contribution in [-0.2, 0) is 17.9 Å². The predicted molar refractivity (Wildman–Crippen MR) is 101 cm³/mol. The van der Waals surface area contributed by atoms with E-state index in [0.717, 1.165) is 23.1 Å². The van der Waals surface area contributed by atoms with Crippen LogP contribution in [0.1, 0.15) is 40.5 Å². The van der Waals surface area contributed by atoms with Crippen LogP contribution in [0.2, 0.25) is 0 Å². The Kier molecular flexibility index (Phi) is 5.16. The highest BCUT2D eigenvalue weighted by molar-refractivity contribution is 6.02. The fourth-order valence-corrected chi connectivity index (χ4v) is 2.92. The topological polar surface area (TPSA) is 61.2 Å². The minimum absolute atomic E-state index is 0.176. The number of fused-ring (bicyclic) bond motifs is 1. The van der Waals surface area contributed by atoms with Gasteiger partial charge in [0.1, 0.15) is 6.61 Å². The molecule has 0 radical (unpaired) electrons. The number of ether oxygens (including phenoxy) is 1. The van der Waals surface area contributed by atoms with Gasteiger partial charge in [0.2, 0.25) is 0 Å². The van der Waals surface area contributed by atoms with E-state index in [2.05, 4.69) is 5.10 Å². The molecule has 0 bridgehead atoms. The SMILES string of the molecule is CCCn1nc(C(=O)OCc2cc(C)ccc2C)c2ccccc2c1=O. The average Bonchev–Trinajstić information content (AvgIpc) is 2.64. The summed E-state index contributed by atoms with van der Waals surface area (Å²) in [5, 5.41) is 5.28. The second kappa shape index (κ2) is 7.52. The van der Waals surface area contributed by atoms with Crippen molar-refractivity contribution in [3.63, 3.8) is 0 Å². The zero-order valence-electron chi connectivity index (χ0n) is 15.3. The number of hydrogen-bond donors (Lipinski definition) is 0. The molecule has 26 heavy (non-hydrogen) atoms. The summed E-state index contributed by atoms with van der Waals surface area (Å²) < 4.78 is 6.86. The molecule has 0 aliphatic rings. The van der Waals surface area contributed by atoms with Crippen LogP contribution in [0.25, 0.3) is 10.8 Å². The van der Waals surface area contributed by atoms with Gasteiger partial charge in [-0.2, -0.15) is 5.10 Å². The molecule has 0 saturated carbocycles. The third kappa shape index (κ3) is 3.52. The van der Waals surface area contributed by atoms with Crippen LogP contribution in [0.5, 0.6) is 0 Å². The number of nitrogens with zero attached hydrogens (tertiary/aromatic N) is 2. The van der Waals surface area contributed by atoms with E-state index < -0.39 is 5.97 Å². The first-order valence-corrected chi connectivity index (χ1v) is 8.74. The van der Waals surface area contributed by atoms with E-state index in [4.69, 9.17) is 4.74 Å². The zero-order chi connectivity index (χ0) is 18.7. The normalized spacial score (nSPS) is 10.9. The van der Waals surface area contributed by atoms with E-state index >= 15 is 0 Å². The van der Waals surface area contributed by atoms with Gasteiger partial charge in [-0.25, -0.2) is 9.48 Å². The van der Waals surface area contributed by atoms with Gasteiger partial charge in [-0.05, 0) is 37.5 Å². The number of carbonyl (C=O) groups excluding carboxylic acids is 1. The summed E-state index contributed by atoms with van der Waals surface area (Å²) in [5.41, 5.74) is 3.14. The van der Waals surface area contributed by atoms with Gasteiger partial charge in [0.05, 0.1) is 5.39 Å². The number of aromatic nitrogens is 2. The maximum absolute atomic E-state index is 12.7. The Morgan fingerprint density at radius 3 is 2.58 bits per heavy atom. The van der Waals surface area contributed by atoms with Gasteiger partial charge in [0.25, 0.3) is 5.56 Å². The Balaban J connectivity index is 1.96. The molecule has 3 rings (SSSR count). The lowest BCUT2D eigenvalue weighted by molar-refractivity contribution is 0.0464. The van der Waals surface area contributed by atoms with Crippen LogP contribution in [0.3, 0.4) is 0 Å². The van der Waals surface area contributed by atoms with Gasteiger partial charge < -0.3 is 4.74 Å². The second-order valence-corrected chi connectivity index (χ2v) is 6.43. The quantitative estimate of drug-likeness (QED) is 0.657. The summed E-state index contributed by atoms with van der Waals surface area (Å²) in [4.78, 5) is 25.2. The molecule has 0 aliphatic heterocycles. The first-order chi connectivity index (χ1) is 12.5. The second-order valence-electron chi connectivity index (χ2n) is 6.43. The molecule has 5 heteroatoms. The molecule has 134 valence electrons. The van der Waals surface area contributed by atoms with Crippen LogP contribution in [-0.4, -0.2) is 15.7 Å². The Morgan fingerprint density at radius 2 is 1.85 bits per heavy atom. The molecule has 0 atom stereocenters. The number of aryl methyl sites for hydroxylation is 3. The van der Waals surface area contributed by atoms with Crippen molar-refractivity contribution >= 4 is 16.7 Å². The zero-order valence-corrected chi connectivity index (χ0v) is 15.3. The highest BCUT2D eigenvalue weighted by atomic mass is 16.5. The van der Waals surface area contributed by atoms with Crippen molar-refractivity contribution in [1.82, 2.24) is 9.78 Å². The molecular weight excluding hydrogens is 328 g/mol. The minimum Gasteiger partial charge on any atom is -0.456 e. The van der Waals surface area contributed by atoms with E-state index in [9.17, 15) is 9.59 Å². The Labute approximate surface area is 152 Å². The van der Waals surface area contributed by atoms with Crippen LogP contribution in [0.4, 0.5) is 0 Å². The summed E-state index contributed by atoms with van der Waals surface area (Å²) in [6.45, 7) is 6.58. The fraction of sp³-hybridized carbons (Fsp3) is 0.286. The number of rotatable bonds is 5. The van der Waals surface area contributed by atoms with Crippen molar-refractivity contribution in [1.29, 1.82) is 0 Å². The van der Waals surface area contributed by atoms with Crippen LogP contribution >= 0.6 is 0 Å². The minimum atomic E-state index is -0.521. The van der Waals surface area contributed by atoms with Gasteiger partial charge >= 0.3 is 5.97 Å². The van der Waals surface area contributed by atoms with Crippen LogP contribution < -0.4 is 5.56 Å². The van der Waals surface area contributed by atoms with Gasteiger partial charge in [0.15, 0.2) is 5.69 Å². The highest BCUT2D eigenvalue weighted by Crippen LogP contribution is 2.17. The third-order valence-electron chi connectivity index (χ3n) is 4.36.